The summed E-state index contributed by atoms with van der Waals surface area (Å²) >= 11 is 11.9. The van der Waals surface area contributed by atoms with Crippen molar-refractivity contribution in [1.29, 1.82) is 0 Å². The normalized spacial score (nSPS) is 29.5. The Balaban J connectivity index is 2.37. The summed E-state index contributed by atoms with van der Waals surface area (Å²) in [6.45, 7) is 2.47. The highest BCUT2D eigenvalue weighted by molar-refractivity contribution is 7.66. The maximum atomic E-state index is 12.4. The second kappa shape index (κ2) is 10.3. The van der Waals surface area contributed by atoms with Gasteiger partial charge in [-0.1, -0.05) is 17.5 Å². The molecule has 21 heteroatoms. The van der Waals surface area contributed by atoms with Gasteiger partial charge in [0.15, 0.2) is 11.1 Å². The van der Waals surface area contributed by atoms with Gasteiger partial charge in [0.25, 0.3) is 0 Å². The summed E-state index contributed by atoms with van der Waals surface area (Å²) in [7, 11) is -17.0. The van der Waals surface area contributed by atoms with E-state index in [1.807, 2.05) is 5.38 Å². The predicted octanol–water partition coefficient (Wildman–Crippen LogP) is 0.301. The van der Waals surface area contributed by atoms with Crippen LogP contribution in [0, 0.1) is 18.2 Å². The molecule has 1 aliphatic heterocycles. The first-order valence-electron chi connectivity index (χ1n) is 8.65. The van der Waals surface area contributed by atoms with Gasteiger partial charge >= 0.3 is 29.2 Å². The van der Waals surface area contributed by atoms with Gasteiger partial charge in [-0.25, -0.2) is 18.5 Å². The Hall–Kier alpha value is -0.850. The fourth-order valence-corrected chi connectivity index (χ4v) is 6.74. The van der Waals surface area contributed by atoms with E-state index in [2.05, 4.69) is 24.0 Å². The van der Waals surface area contributed by atoms with E-state index >= 15 is 0 Å². The van der Waals surface area contributed by atoms with Crippen molar-refractivity contribution in [3.05, 3.63) is 22.2 Å². The molecule has 1 aliphatic rings. The van der Waals surface area contributed by atoms with Crippen LogP contribution in [-0.4, -0.2) is 57.4 Å². The Morgan fingerprint density at radius 1 is 1.26 bits per heavy atom. The number of aromatic nitrogens is 2. The molecule has 1 saturated heterocycles. The number of halogens is 2. The zero-order chi connectivity index (χ0) is 26.3. The smallest absolute Gasteiger partial charge is 0.387 e. The number of nitrogen functional groups attached to an aromatic ring is 1. The van der Waals surface area contributed by atoms with E-state index in [0.29, 0.717) is 0 Å². The highest BCUT2D eigenvalue weighted by Crippen LogP contribution is 2.66. The number of hydrogen-bond donors (Lipinski definition) is 6. The third-order valence-corrected chi connectivity index (χ3v) is 8.73. The van der Waals surface area contributed by atoms with Crippen LogP contribution in [0.15, 0.2) is 10.9 Å². The van der Waals surface area contributed by atoms with Crippen molar-refractivity contribution in [1.82, 2.24) is 9.55 Å². The highest BCUT2D eigenvalue weighted by Gasteiger charge is 2.59. The highest BCUT2D eigenvalue weighted by atomic mass is 35.5. The van der Waals surface area contributed by atoms with Crippen LogP contribution in [0.3, 0.4) is 0 Å². The molecule has 34 heavy (non-hydrogen) atoms. The number of hydrogen-bond acceptors (Lipinski definition) is 11. The van der Waals surface area contributed by atoms with Gasteiger partial charge in [0.1, 0.15) is 18.0 Å². The van der Waals surface area contributed by atoms with Gasteiger partial charge in [-0.3, -0.25) is 9.09 Å². The van der Waals surface area contributed by atoms with E-state index in [-0.39, 0.29) is 11.5 Å². The van der Waals surface area contributed by atoms with Gasteiger partial charge in [-0.05, 0) is 31.5 Å². The SMILES string of the molecule is Cc1cc(N)nc(=O)n1[C@@H]1O[C@H]([C@H](C)OP(=O)(O)OP(=O)(O)OP(=O)(O)O)[C@H](O)C1(Cl)C#CCl. The monoisotopic (exact) mass is 587 g/mol. The van der Waals surface area contributed by atoms with Crippen molar-refractivity contribution in [2.24, 2.45) is 0 Å². The molecule has 2 rings (SSSR count). The first-order valence-corrected chi connectivity index (χ1v) is 13.9. The number of rotatable bonds is 8. The second-order valence-electron chi connectivity index (χ2n) is 6.76. The van der Waals surface area contributed by atoms with Crippen molar-refractivity contribution < 1.29 is 56.3 Å². The number of alkyl halides is 1. The Kier molecular flexibility index (Phi) is 8.86. The van der Waals surface area contributed by atoms with Crippen LogP contribution >= 0.6 is 46.7 Å². The van der Waals surface area contributed by atoms with E-state index in [0.717, 1.165) is 11.5 Å². The number of anilines is 1. The van der Waals surface area contributed by atoms with Crippen molar-refractivity contribution in [2.45, 2.75) is 43.3 Å². The van der Waals surface area contributed by atoms with Crippen molar-refractivity contribution in [3.8, 4) is 11.3 Å². The second-order valence-corrected chi connectivity index (χ2v) is 11.9. The zero-order valence-corrected chi connectivity index (χ0v) is 21.2. The minimum absolute atomic E-state index is 0.126. The molecule has 0 bridgehead atoms. The molecule has 0 saturated carbocycles. The van der Waals surface area contributed by atoms with Crippen LogP contribution in [-0.2, 0) is 31.6 Å². The number of phosphoric acid groups is 3. The number of aliphatic hydroxyl groups is 1. The average Bonchev–Trinajstić information content (AvgIpc) is 2.83. The van der Waals surface area contributed by atoms with Gasteiger partial charge in [0.05, 0.1) is 6.10 Å². The maximum absolute atomic E-state index is 12.4. The van der Waals surface area contributed by atoms with E-state index in [9.17, 15) is 33.4 Å². The first kappa shape index (κ1) is 29.4. The fourth-order valence-electron chi connectivity index (χ4n) is 3.02. The van der Waals surface area contributed by atoms with Crippen molar-refractivity contribution in [3.63, 3.8) is 0 Å². The number of phosphoric ester groups is 1. The predicted molar refractivity (Wildman–Crippen MR) is 114 cm³/mol. The fraction of sp³-hybridized carbons (Fsp3) is 0.538. The number of nitrogens with two attached hydrogens (primary N) is 1. The van der Waals surface area contributed by atoms with Crippen LogP contribution < -0.4 is 11.4 Å². The standard InChI is InChI=1S/C13H18Cl2N3O13P3/c1-6-5-8(16)17-12(20)18(6)11-13(15,3-4-14)10(19)9(28-11)7(2)29-33(24,25)31-34(26,27)30-32(21,22)23/h5,7,9-11,19H,1-2H3,(H,24,25)(H,26,27)(H2,16,17,20)(H2,21,22,23)/t7-,9+,10-,11+,13?/m0/s1. The number of nitrogens with zero attached hydrogens (tertiary/aromatic N) is 2. The van der Waals surface area contributed by atoms with E-state index in [4.69, 9.17) is 43.5 Å². The molecule has 16 nitrogen and oxygen atoms in total. The molecule has 7 atom stereocenters. The van der Waals surface area contributed by atoms with Crippen LogP contribution in [0.25, 0.3) is 0 Å². The summed E-state index contributed by atoms with van der Waals surface area (Å²) in [5.41, 5.74) is 4.75. The molecule has 1 aromatic heterocycles. The van der Waals surface area contributed by atoms with Crippen molar-refractivity contribution >= 4 is 52.5 Å². The lowest BCUT2D eigenvalue weighted by atomic mass is 9.97. The molecule has 0 amide bonds. The molecule has 192 valence electrons. The maximum Gasteiger partial charge on any atom is 0.490 e. The van der Waals surface area contributed by atoms with Crippen LogP contribution in [0.4, 0.5) is 5.82 Å². The lowest BCUT2D eigenvalue weighted by Crippen LogP contribution is -2.45. The molecule has 0 aliphatic carbocycles. The molecule has 7 N–H and O–H groups in total. The number of aliphatic hydroxyl groups excluding tert-OH is 1. The summed E-state index contributed by atoms with van der Waals surface area (Å²) in [4.78, 5) is 50.0. The third kappa shape index (κ3) is 6.88. The Morgan fingerprint density at radius 2 is 1.85 bits per heavy atom. The van der Waals surface area contributed by atoms with Gasteiger partial charge in [0.2, 0.25) is 0 Å². The molecule has 0 radical (unpaired) electrons. The van der Waals surface area contributed by atoms with Crippen molar-refractivity contribution in [2.75, 3.05) is 5.73 Å². The molecule has 1 fully saturated rings. The lowest BCUT2D eigenvalue weighted by Gasteiger charge is -2.27. The number of ether oxygens (including phenoxy) is 1. The largest absolute Gasteiger partial charge is 0.490 e. The molecule has 1 aromatic rings. The van der Waals surface area contributed by atoms with E-state index in [1.54, 1.807) is 0 Å². The topological polar surface area (TPSA) is 250 Å². The minimum Gasteiger partial charge on any atom is -0.387 e. The van der Waals surface area contributed by atoms with Gasteiger partial charge in [0, 0.05) is 11.1 Å². The lowest BCUT2D eigenvalue weighted by molar-refractivity contribution is -0.0754. The average molecular weight is 588 g/mol. The summed E-state index contributed by atoms with van der Waals surface area (Å²) in [6, 6.07) is 1.28. The van der Waals surface area contributed by atoms with Gasteiger partial charge < -0.3 is 35.2 Å². The van der Waals surface area contributed by atoms with Gasteiger partial charge in [-0.2, -0.15) is 13.6 Å². The summed E-state index contributed by atoms with van der Waals surface area (Å²) < 4.78 is 52.7. The Labute approximate surface area is 201 Å². The molecule has 2 heterocycles. The summed E-state index contributed by atoms with van der Waals surface area (Å²) in [5, 5.41) is 12.7. The number of aryl methyl sites for hydroxylation is 1. The van der Waals surface area contributed by atoms with Crippen LogP contribution in [0.5, 0.6) is 0 Å². The molecule has 0 aromatic carbocycles. The summed E-state index contributed by atoms with van der Waals surface area (Å²) in [6.07, 6.45) is -6.78. The quantitative estimate of drug-likeness (QED) is 0.136. The zero-order valence-electron chi connectivity index (χ0n) is 17.0. The van der Waals surface area contributed by atoms with E-state index < -0.39 is 58.6 Å². The van der Waals surface area contributed by atoms with Gasteiger partial charge in [-0.15, -0.1) is 0 Å². The molecular formula is C13H18Cl2N3O13P3. The Bertz CT molecular complexity index is 1210. The Morgan fingerprint density at radius 3 is 2.35 bits per heavy atom. The molecule has 3 unspecified atom stereocenters. The third-order valence-electron chi connectivity index (χ3n) is 4.21. The molecule has 0 spiro atoms. The van der Waals surface area contributed by atoms with Crippen LogP contribution in [0.2, 0.25) is 0 Å². The minimum atomic E-state index is -5.79. The van der Waals surface area contributed by atoms with E-state index in [1.165, 1.54) is 13.0 Å². The molecular weight excluding hydrogens is 570 g/mol. The first-order chi connectivity index (χ1) is 15.3. The van der Waals surface area contributed by atoms with Crippen LogP contribution in [0.1, 0.15) is 18.8 Å². The summed E-state index contributed by atoms with van der Waals surface area (Å²) in [5.74, 6) is 2.15.